The highest BCUT2D eigenvalue weighted by atomic mass is 32.1. The Morgan fingerprint density at radius 2 is 0.657 bits per heavy atom. The molecule has 0 spiro atoms. The van der Waals surface area contributed by atoms with Gasteiger partial charge in [0.15, 0.2) is 17.5 Å². The lowest BCUT2D eigenvalue weighted by atomic mass is 9.90. The summed E-state index contributed by atoms with van der Waals surface area (Å²) in [7, 11) is 0. The second-order valence-electron chi connectivity index (χ2n) is 16.6. The van der Waals surface area contributed by atoms with E-state index in [0.29, 0.717) is 17.5 Å². The van der Waals surface area contributed by atoms with Crippen LogP contribution in [-0.4, -0.2) is 19.9 Å². The summed E-state index contributed by atoms with van der Waals surface area (Å²) in [5.41, 5.74) is 16.1. The molecule has 0 bridgehead atoms. The number of hydrogen-bond donors (Lipinski definition) is 0. The number of thiophene rings is 1. The second kappa shape index (κ2) is 17.4. The molecule has 9 aromatic carbocycles. The first-order valence-electron chi connectivity index (χ1n) is 22.5. The molecule has 3 aromatic heterocycles. The van der Waals surface area contributed by atoms with Crippen molar-refractivity contribution in [3.63, 3.8) is 0 Å². The largest absolute Gasteiger partial charge is 0.247 e. The van der Waals surface area contributed by atoms with E-state index in [9.17, 15) is 0 Å². The summed E-state index contributed by atoms with van der Waals surface area (Å²) >= 11 is 1.86. The van der Waals surface area contributed by atoms with E-state index in [-0.39, 0.29) is 0 Å². The Labute approximate surface area is 393 Å². The van der Waals surface area contributed by atoms with Gasteiger partial charge in [-0.25, -0.2) is 19.9 Å². The fourth-order valence-electron chi connectivity index (χ4n) is 9.05. The minimum Gasteiger partial charge on any atom is -0.247 e. The highest BCUT2D eigenvalue weighted by Crippen LogP contribution is 2.51. The van der Waals surface area contributed by atoms with Gasteiger partial charge in [-0.15, -0.1) is 11.3 Å². The summed E-state index contributed by atoms with van der Waals surface area (Å²) in [5, 5.41) is 2.29. The highest BCUT2D eigenvalue weighted by Gasteiger charge is 2.24. The first-order valence-corrected chi connectivity index (χ1v) is 23.3. The van der Waals surface area contributed by atoms with Crippen LogP contribution in [0.3, 0.4) is 0 Å². The lowest BCUT2D eigenvalue weighted by Gasteiger charge is -2.14. The molecule has 0 aliphatic carbocycles. The van der Waals surface area contributed by atoms with Crippen LogP contribution in [0.5, 0.6) is 0 Å². The van der Waals surface area contributed by atoms with Gasteiger partial charge in [-0.3, -0.25) is 0 Å². The molecule has 0 unspecified atom stereocenters. The van der Waals surface area contributed by atoms with Gasteiger partial charge in [-0.05, 0) is 80.9 Å². The number of hydrogen-bond acceptors (Lipinski definition) is 5. The van der Waals surface area contributed by atoms with Crippen LogP contribution in [0.4, 0.5) is 0 Å². The molecular weight excluding hydrogens is 833 g/mol. The van der Waals surface area contributed by atoms with Crippen molar-refractivity contribution < 1.29 is 0 Å². The van der Waals surface area contributed by atoms with Crippen molar-refractivity contribution in [1.82, 2.24) is 19.9 Å². The van der Waals surface area contributed by atoms with E-state index in [4.69, 9.17) is 19.9 Å². The number of rotatable bonds is 9. The van der Waals surface area contributed by atoms with Crippen molar-refractivity contribution >= 4 is 32.3 Å². The van der Waals surface area contributed by atoms with Crippen molar-refractivity contribution in [2.75, 3.05) is 0 Å². The lowest BCUT2D eigenvalue weighted by Crippen LogP contribution is -2.00. The maximum absolute atomic E-state index is 5.47. The summed E-state index contributed by atoms with van der Waals surface area (Å²) in [6.07, 6.45) is 0. The Morgan fingerprint density at radius 1 is 0.269 bits per heavy atom. The molecule has 0 N–H and O–H groups in total. The third-order valence-electron chi connectivity index (χ3n) is 12.3. The zero-order chi connectivity index (χ0) is 44.5. The van der Waals surface area contributed by atoms with Crippen LogP contribution < -0.4 is 0 Å². The maximum atomic E-state index is 5.47. The van der Waals surface area contributed by atoms with E-state index in [1.165, 1.54) is 31.8 Å². The van der Waals surface area contributed by atoms with E-state index < -0.39 is 0 Å². The molecule has 5 heteroatoms. The van der Waals surface area contributed by atoms with Crippen molar-refractivity contribution in [3.05, 3.63) is 243 Å². The first-order chi connectivity index (χ1) is 33.2. The van der Waals surface area contributed by atoms with Gasteiger partial charge < -0.3 is 0 Å². The summed E-state index contributed by atoms with van der Waals surface area (Å²) in [6, 6.07) is 85.4. The molecule has 0 atom stereocenters. The van der Waals surface area contributed by atoms with Gasteiger partial charge in [0, 0.05) is 48.2 Å². The van der Waals surface area contributed by atoms with Gasteiger partial charge in [0.05, 0.1) is 11.2 Å². The van der Waals surface area contributed by atoms with Crippen molar-refractivity contribution in [1.29, 1.82) is 0 Å². The molecule has 0 saturated carbocycles. The normalized spacial score (nSPS) is 11.3. The van der Waals surface area contributed by atoms with Crippen LogP contribution in [-0.2, 0) is 0 Å². The number of aromatic nitrogens is 4. The minimum absolute atomic E-state index is 0.620. The lowest BCUT2D eigenvalue weighted by molar-refractivity contribution is 1.07. The number of pyridine rings is 1. The van der Waals surface area contributed by atoms with Gasteiger partial charge in [0.1, 0.15) is 0 Å². The Balaban J connectivity index is 1.08. The smallest absolute Gasteiger partial charge is 0.164 e. The Morgan fingerprint density at radius 3 is 1.21 bits per heavy atom. The molecule has 314 valence electrons. The van der Waals surface area contributed by atoms with Crippen molar-refractivity contribution in [2.45, 2.75) is 0 Å². The topological polar surface area (TPSA) is 51.6 Å². The predicted octanol–water partition coefficient (Wildman–Crippen LogP) is 16.6. The van der Waals surface area contributed by atoms with Crippen molar-refractivity contribution in [3.8, 4) is 100 Å². The van der Waals surface area contributed by atoms with Gasteiger partial charge >= 0.3 is 0 Å². The van der Waals surface area contributed by atoms with Crippen LogP contribution in [0, 0.1) is 0 Å². The molecular formula is C62H40N4S. The summed E-state index contributed by atoms with van der Waals surface area (Å²) in [5.74, 6) is 1.89. The SMILES string of the molecule is c1ccc(-c2cc(-c3ccccc3)cc(-c3sc4c(c(-c5ccccc5)nc5ccccc54)c3-c3cccc(-c4cccc(-c5nc(-c6ccccc6)nc(-c6ccccc6)n5)c4)c3)c2)cc1. The van der Waals surface area contributed by atoms with Crippen LogP contribution in [0.2, 0.25) is 0 Å². The van der Waals surface area contributed by atoms with Gasteiger partial charge in [-0.2, -0.15) is 0 Å². The molecule has 3 heterocycles. The number of fused-ring (bicyclic) bond motifs is 3. The first kappa shape index (κ1) is 39.9. The molecule has 0 aliphatic rings. The molecule has 0 radical (unpaired) electrons. The quantitative estimate of drug-likeness (QED) is 0.145. The van der Waals surface area contributed by atoms with E-state index in [2.05, 4.69) is 182 Å². The molecule has 67 heavy (non-hydrogen) atoms. The van der Waals surface area contributed by atoms with E-state index in [1.54, 1.807) is 0 Å². The number of benzene rings is 9. The predicted molar refractivity (Wildman–Crippen MR) is 279 cm³/mol. The summed E-state index contributed by atoms with van der Waals surface area (Å²) in [4.78, 5) is 21.7. The standard InChI is InChI=1S/C62H40N4S/c1-6-20-41(21-7-1)50-38-51(42-22-8-2-9-23-42)40-52(39-50)58-55(56-57(43-24-10-3-11-25-43)63-54-35-17-16-34-53(54)59(56)67-58)48-32-18-30-46(36-48)47-31-19-33-49(37-47)62-65-60(44-26-12-4-13-27-44)64-61(66-62)45-28-14-5-15-29-45/h1-40H. The molecule has 0 amide bonds. The van der Waals surface area contributed by atoms with Crippen LogP contribution in [0.25, 0.3) is 121 Å². The van der Waals surface area contributed by atoms with E-state index in [1.807, 2.05) is 72.0 Å². The fourth-order valence-corrected chi connectivity index (χ4v) is 10.4. The monoisotopic (exact) mass is 872 g/mol. The Bertz CT molecular complexity index is 3610. The second-order valence-corrected chi connectivity index (χ2v) is 17.6. The average molecular weight is 873 g/mol. The molecule has 12 rings (SSSR count). The summed E-state index contributed by atoms with van der Waals surface area (Å²) in [6.45, 7) is 0. The fraction of sp³-hybridized carbons (Fsp3) is 0. The van der Waals surface area contributed by atoms with Crippen molar-refractivity contribution in [2.24, 2.45) is 0 Å². The number of nitrogens with zero attached hydrogens (tertiary/aromatic N) is 4. The van der Waals surface area contributed by atoms with Crippen LogP contribution in [0.1, 0.15) is 0 Å². The Kier molecular flexibility index (Phi) is 10.4. The summed E-state index contributed by atoms with van der Waals surface area (Å²) < 4.78 is 1.21. The average Bonchev–Trinajstić information content (AvgIpc) is 3.83. The third-order valence-corrected chi connectivity index (χ3v) is 13.6. The Hall–Kier alpha value is -8.64. The maximum Gasteiger partial charge on any atom is 0.164 e. The van der Waals surface area contributed by atoms with E-state index >= 15 is 0 Å². The minimum atomic E-state index is 0.620. The van der Waals surface area contributed by atoms with E-state index in [0.717, 1.165) is 72.1 Å². The van der Waals surface area contributed by atoms with Gasteiger partial charge in [-0.1, -0.05) is 206 Å². The number of para-hydroxylation sites is 1. The molecule has 0 fully saturated rings. The molecule has 0 saturated heterocycles. The third kappa shape index (κ3) is 7.78. The van der Waals surface area contributed by atoms with Crippen LogP contribution in [0.15, 0.2) is 243 Å². The zero-order valence-corrected chi connectivity index (χ0v) is 37.1. The van der Waals surface area contributed by atoms with Gasteiger partial charge in [0.25, 0.3) is 0 Å². The highest BCUT2D eigenvalue weighted by molar-refractivity contribution is 7.24. The molecule has 0 aliphatic heterocycles. The molecule has 4 nitrogen and oxygen atoms in total. The van der Waals surface area contributed by atoms with Crippen LogP contribution >= 0.6 is 11.3 Å². The van der Waals surface area contributed by atoms with Gasteiger partial charge in [0.2, 0.25) is 0 Å². The molecule has 12 aromatic rings. The zero-order valence-electron chi connectivity index (χ0n) is 36.3.